The largest absolute Gasteiger partial charge is 0.341 e. The lowest BCUT2D eigenvalue weighted by molar-refractivity contribution is 0.437. The van der Waals surface area contributed by atoms with E-state index in [9.17, 15) is 0 Å². The fourth-order valence-corrected chi connectivity index (χ4v) is 10.7. The van der Waals surface area contributed by atoms with Crippen LogP contribution in [0.15, 0.2) is 152 Å². The summed E-state index contributed by atoms with van der Waals surface area (Å²) < 4.78 is 5.55. The Morgan fingerprint density at radius 3 is 1.41 bits per heavy atom. The first kappa shape index (κ1) is 26.0. The van der Waals surface area contributed by atoms with Crippen molar-refractivity contribution in [1.82, 2.24) is 4.67 Å². The standard InChI is InChI=1S/C35H34N2P2/c1-6-17-30(18-7-1)37(39(34-24-12-4-13-25-34)35-26-14-5-15-27-35)29-31-19-16-28-36(31)38(32-20-8-2-9-21-32)33-22-10-3-11-23-33/h1-15,17-18,20-27,31H,16,19,28-29H2/t31-/m0/s1. The summed E-state index contributed by atoms with van der Waals surface area (Å²) >= 11 is 0. The highest BCUT2D eigenvalue weighted by atomic mass is 31.1. The zero-order valence-electron chi connectivity index (χ0n) is 22.1. The first-order valence-electron chi connectivity index (χ1n) is 13.8. The van der Waals surface area contributed by atoms with E-state index in [1.807, 2.05) is 0 Å². The number of anilines is 1. The van der Waals surface area contributed by atoms with Gasteiger partial charge in [-0.05, 0) is 35.6 Å². The van der Waals surface area contributed by atoms with E-state index in [4.69, 9.17) is 0 Å². The van der Waals surface area contributed by atoms with Crippen molar-refractivity contribution >= 4 is 43.1 Å². The van der Waals surface area contributed by atoms with E-state index < -0.39 is 16.1 Å². The zero-order chi connectivity index (χ0) is 26.3. The Bertz CT molecular complexity index is 1340. The summed E-state index contributed by atoms with van der Waals surface area (Å²) in [5.41, 5.74) is 1.30. The van der Waals surface area contributed by atoms with Crippen molar-refractivity contribution < 1.29 is 0 Å². The summed E-state index contributed by atoms with van der Waals surface area (Å²) in [6.07, 6.45) is 2.45. The van der Waals surface area contributed by atoms with E-state index in [0.717, 1.165) is 13.1 Å². The second-order valence-corrected chi connectivity index (χ2v) is 14.2. The second kappa shape index (κ2) is 12.7. The number of hydrogen-bond donors (Lipinski definition) is 0. The molecule has 2 nitrogen and oxygen atoms in total. The van der Waals surface area contributed by atoms with Gasteiger partial charge in [0.2, 0.25) is 0 Å². The Balaban J connectivity index is 1.41. The van der Waals surface area contributed by atoms with Crippen molar-refractivity contribution in [3.63, 3.8) is 0 Å². The predicted octanol–water partition coefficient (Wildman–Crippen LogP) is 7.05. The van der Waals surface area contributed by atoms with Gasteiger partial charge in [-0.25, -0.2) is 0 Å². The van der Waals surface area contributed by atoms with Gasteiger partial charge in [-0.3, -0.25) is 4.67 Å². The molecule has 0 spiro atoms. The SMILES string of the molecule is c1ccc(N(C[C@@H]2CCCN2P(c2ccccc2)c2ccccc2)P(c2ccccc2)c2ccccc2)cc1. The van der Waals surface area contributed by atoms with Crippen LogP contribution >= 0.6 is 16.1 Å². The Labute approximate surface area is 235 Å². The molecule has 1 aliphatic heterocycles. The number of rotatable bonds is 9. The van der Waals surface area contributed by atoms with E-state index in [2.05, 4.69) is 161 Å². The number of nitrogens with zero attached hydrogens (tertiary/aromatic N) is 2. The summed E-state index contributed by atoms with van der Waals surface area (Å²) in [6, 6.07) is 56.1. The molecule has 0 aromatic heterocycles. The van der Waals surface area contributed by atoms with Crippen LogP contribution in [0.1, 0.15) is 12.8 Å². The highest BCUT2D eigenvalue weighted by Gasteiger charge is 2.36. The van der Waals surface area contributed by atoms with E-state index >= 15 is 0 Å². The van der Waals surface area contributed by atoms with Gasteiger partial charge in [0.25, 0.3) is 0 Å². The van der Waals surface area contributed by atoms with Gasteiger partial charge in [0.05, 0.1) is 8.07 Å². The average molecular weight is 545 g/mol. The molecular formula is C35H34N2P2. The molecule has 5 aromatic carbocycles. The molecule has 0 saturated carbocycles. The maximum absolute atomic E-state index is 2.83. The van der Waals surface area contributed by atoms with Crippen molar-refractivity contribution in [3.8, 4) is 0 Å². The minimum atomic E-state index is -0.740. The molecule has 0 aliphatic carbocycles. The molecule has 1 atom stereocenters. The van der Waals surface area contributed by atoms with Gasteiger partial charge in [-0.15, -0.1) is 0 Å². The maximum Gasteiger partial charge on any atom is 0.0550 e. The van der Waals surface area contributed by atoms with Crippen LogP contribution in [0.2, 0.25) is 0 Å². The van der Waals surface area contributed by atoms with E-state index in [0.29, 0.717) is 6.04 Å². The van der Waals surface area contributed by atoms with Gasteiger partial charge in [0.15, 0.2) is 0 Å². The highest BCUT2D eigenvalue weighted by Crippen LogP contribution is 2.47. The molecule has 4 heteroatoms. The van der Waals surface area contributed by atoms with Gasteiger partial charge in [-0.1, -0.05) is 140 Å². The second-order valence-electron chi connectivity index (χ2n) is 9.84. The van der Waals surface area contributed by atoms with Crippen LogP contribution in [-0.4, -0.2) is 23.8 Å². The van der Waals surface area contributed by atoms with Crippen LogP contribution in [0.3, 0.4) is 0 Å². The number of para-hydroxylation sites is 1. The van der Waals surface area contributed by atoms with Gasteiger partial charge < -0.3 is 4.67 Å². The molecule has 39 heavy (non-hydrogen) atoms. The molecule has 0 bridgehead atoms. The third-order valence-electron chi connectivity index (χ3n) is 7.29. The smallest absolute Gasteiger partial charge is 0.0550 e. The summed E-state index contributed by atoms with van der Waals surface area (Å²) in [5.74, 6) is 0. The number of benzene rings is 5. The Hall–Kier alpha value is -3.28. The molecule has 0 N–H and O–H groups in total. The zero-order valence-corrected chi connectivity index (χ0v) is 23.9. The Morgan fingerprint density at radius 1 is 0.538 bits per heavy atom. The maximum atomic E-state index is 2.83. The molecule has 1 saturated heterocycles. The van der Waals surface area contributed by atoms with E-state index in [-0.39, 0.29) is 0 Å². The molecule has 0 radical (unpaired) electrons. The van der Waals surface area contributed by atoms with E-state index in [1.165, 1.54) is 39.7 Å². The van der Waals surface area contributed by atoms with Crippen LogP contribution in [0, 0.1) is 0 Å². The summed E-state index contributed by atoms with van der Waals surface area (Å²) in [4.78, 5) is 0. The van der Waals surface area contributed by atoms with Crippen LogP contribution in [-0.2, 0) is 0 Å². The normalized spacial score (nSPS) is 15.6. The Kier molecular flexibility index (Phi) is 8.47. The lowest BCUT2D eigenvalue weighted by Gasteiger charge is -2.40. The lowest BCUT2D eigenvalue weighted by atomic mass is 10.2. The third-order valence-corrected chi connectivity index (χ3v) is 12.4. The lowest BCUT2D eigenvalue weighted by Crippen LogP contribution is -2.41. The van der Waals surface area contributed by atoms with Crippen LogP contribution in [0.4, 0.5) is 5.69 Å². The Morgan fingerprint density at radius 2 is 0.949 bits per heavy atom. The van der Waals surface area contributed by atoms with Crippen molar-refractivity contribution in [2.24, 2.45) is 0 Å². The molecular weight excluding hydrogens is 510 g/mol. The minimum Gasteiger partial charge on any atom is -0.341 e. The predicted molar refractivity (Wildman–Crippen MR) is 172 cm³/mol. The third kappa shape index (κ3) is 6.00. The molecule has 0 unspecified atom stereocenters. The average Bonchev–Trinajstić information content (AvgIpc) is 3.47. The molecule has 1 heterocycles. The van der Waals surface area contributed by atoms with E-state index in [1.54, 1.807) is 0 Å². The first-order valence-corrected chi connectivity index (χ1v) is 16.4. The van der Waals surface area contributed by atoms with Crippen LogP contribution in [0.5, 0.6) is 0 Å². The van der Waals surface area contributed by atoms with Crippen LogP contribution < -0.4 is 25.9 Å². The van der Waals surface area contributed by atoms with Gasteiger partial charge in [-0.2, -0.15) is 0 Å². The number of hydrogen-bond acceptors (Lipinski definition) is 2. The fourth-order valence-electron chi connectivity index (χ4n) is 5.52. The summed E-state index contributed by atoms with van der Waals surface area (Å²) in [7, 11) is -1.34. The quantitative estimate of drug-likeness (QED) is 0.184. The first-order chi connectivity index (χ1) is 19.4. The molecule has 1 fully saturated rings. The van der Waals surface area contributed by atoms with Gasteiger partial charge in [0.1, 0.15) is 0 Å². The van der Waals surface area contributed by atoms with Crippen molar-refractivity contribution in [2.75, 3.05) is 17.8 Å². The summed E-state index contributed by atoms with van der Waals surface area (Å²) in [6.45, 7) is 2.13. The topological polar surface area (TPSA) is 6.48 Å². The van der Waals surface area contributed by atoms with Crippen LogP contribution in [0.25, 0.3) is 0 Å². The monoisotopic (exact) mass is 544 g/mol. The minimum absolute atomic E-state index is 0.467. The highest BCUT2D eigenvalue weighted by molar-refractivity contribution is 7.74. The fraction of sp³-hybridized carbons (Fsp3) is 0.143. The summed E-state index contributed by atoms with van der Waals surface area (Å²) in [5, 5.41) is 5.65. The van der Waals surface area contributed by atoms with Crippen molar-refractivity contribution in [1.29, 1.82) is 0 Å². The van der Waals surface area contributed by atoms with Gasteiger partial charge in [0, 0.05) is 43.5 Å². The van der Waals surface area contributed by atoms with Gasteiger partial charge >= 0.3 is 0 Å². The molecule has 0 amide bonds. The molecule has 5 aromatic rings. The molecule has 1 aliphatic rings. The van der Waals surface area contributed by atoms with Crippen molar-refractivity contribution in [3.05, 3.63) is 152 Å². The van der Waals surface area contributed by atoms with Crippen molar-refractivity contribution in [2.45, 2.75) is 18.9 Å². The molecule has 6 rings (SSSR count). The molecule has 194 valence electrons.